The fourth-order valence-electron chi connectivity index (χ4n) is 3.21. The molecule has 31 heavy (non-hydrogen) atoms. The Balaban J connectivity index is 0.00000480. The lowest BCUT2D eigenvalue weighted by Gasteiger charge is -2.35. The van der Waals surface area contributed by atoms with Gasteiger partial charge in [0, 0.05) is 25.7 Å². The number of guanidine groups is 1. The van der Waals surface area contributed by atoms with Gasteiger partial charge in [-0.3, -0.25) is 4.99 Å². The zero-order chi connectivity index (χ0) is 22.1. The molecule has 2 unspecified atom stereocenters. The van der Waals surface area contributed by atoms with Crippen molar-refractivity contribution >= 4 is 36.0 Å². The van der Waals surface area contributed by atoms with Crippen LogP contribution < -0.4 is 15.4 Å². The van der Waals surface area contributed by atoms with Gasteiger partial charge in [0.15, 0.2) is 5.96 Å². The molecule has 1 aliphatic rings. The third-order valence-electron chi connectivity index (χ3n) is 4.68. The van der Waals surface area contributed by atoms with Crippen LogP contribution in [0.25, 0.3) is 0 Å². The van der Waals surface area contributed by atoms with E-state index in [0.29, 0.717) is 25.6 Å². The first-order chi connectivity index (χ1) is 14.2. The second kappa shape index (κ2) is 12.9. The number of piperidine rings is 1. The lowest BCUT2D eigenvalue weighted by atomic mass is 10.1. The van der Waals surface area contributed by atoms with Gasteiger partial charge in [-0.15, -0.1) is 24.0 Å². The molecule has 0 saturated carbocycles. The number of ether oxygens (including phenoxy) is 2. The summed E-state index contributed by atoms with van der Waals surface area (Å²) in [7, 11) is 1.61. The highest BCUT2D eigenvalue weighted by atomic mass is 127. The molecule has 8 nitrogen and oxygen atoms in total. The Morgan fingerprint density at radius 3 is 2.58 bits per heavy atom. The highest BCUT2D eigenvalue weighted by Gasteiger charge is 2.28. The van der Waals surface area contributed by atoms with Crippen molar-refractivity contribution < 1.29 is 19.4 Å². The predicted molar refractivity (Wildman–Crippen MR) is 133 cm³/mol. The second-order valence-corrected chi connectivity index (χ2v) is 8.42. The van der Waals surface area contributed by atoms with E-state index in [4.69, 9.17) is 9.47 Å². The number of halogens is 1. The molecule has 2 atom stereocenters. The molecule has 1 aromatic carbocycles. The maximum atomic E-state index is 12.4. The van der Waals surface area contributed by atoms with Gasteiger partial charge in [-0.1, -0.05) is 12.1 Å². The van der Waals surface area contributed by atoms with Crippen LogP contribution in [0.15, 0.2) is 29.3 Å². The molecule has 1 heterocycles. The van der Waals surface area contributed by atoms with Gasteiger partial charge < -0.3 is 30.1 Å². The number of nitrogens with one attached hydrogen (secondary N) is 2. The third kappa shape index (κ3) is 9.51. The van der Waals surface area contributed by atoms with Gasteiger partial charge in [0.1, 0.15) is 11.4 Å². The Labute approximate surface area is 202 Å². The van der Waals surface area contributed by atoms with E-state index in [1.807, 2.05) is 52.0 Å². The van der Waals surface area contributed by atoms with Gasteiger partial charge in [-0.25, -0.2) is 4.79 Å². The summed E-state index contributed by atoms with van der Waals surface area (Å²) >= 11 is 0. The van der Waals surface area contributed by atoms with E-state index in [9.17, 15) is 9.90 Å². The van der Waals surface area contributed by atoms with Crippen LogP contribution >= 0.6 is 24.0 Å². The lowest BCUT2D eigenvalue weighted by Crippen LogP contribution is -2.53. The summed E-state index contributed by atoms with van der Waals surface area (Å²) in [6.07, 6.45) is 0.831. The summed E-state index contributed by atoms with van der Waals surface area (Å²) in [5.41, 5.74) is 0.273. The molecule has 0 bridgehead atoms. The molecule has 1 aliphatic heterocycles. The smallest absolute Gasteiger partial charge is 0.410 e. The number of carbonyl (C=O) groups is 1. The van der Waals surface area contributed by atoms with Gasteiger partial charge in [0.25, 0.3) is 0 Å². The van der Waals surface area contributed by atoms with Crippen LogP contribution in [-0.4, -0.2) is 67.0 Å². The van der Waals surface area contributed by atoms with Crippen molar-refractivity contribution in [3.05, 3.63) is 29.8 Å². The Kier molecular flexibility index (Phi) is 11.4. The standard InChI is InChI=1S/C22H36N4O4.HI/c1-6-23-20(24-14-19(27)16-9-11-18(29-5)12-10-16)25-17-8-7-13-26(15-17)21(28)30-22(2,3)4;/h9-12,17,19,27H,6-8,13-15H2,1-5H3,(H2,23,24,25);1H. The molecule has 1 aromatic rings. The van der Waals surface area contributed by atoms with Crippen molar-refractivity contribution in [2.45, 2.75) is 58.3 Å². The zero-order valence-corrected chi connectivity index (χ0v) is 21.5. The van der Waals surface area contributed by atoms with Crippen molar-refractivity contribution in [3.8, 4) is 5.75 Å². The molecule has 9 heteroatoms. The minimum absolute atomic E-state index is 0. The number of aliphatic hydroxyl groups excluding tert-OH is 1. The van der Waals surface area contributed by atoms with E-state index in [-0.39, 0.29) is 42.7 Å². The Morgan fingerprint density at radius 2 is 2.00 bits per heavy atom. The van der Waals surface area contributed by atoms with E-state index >= 15 is 0 Å². The van der Waals surface area contributed by atoms with Crippen LogP contribution in [0.5, 0.6) is 5.75 Å². The van der Waals surface area contributed by atoms with Crippen molar-refractivity contribution in [1.29, 1.82) is 0 Å². The molecule has 1 saturated heterocycles. The minimum atomic E-state index is -0.712. The maximum Gasteiger partial charge on any atom is 0.410 e. The average molecular weight is 548 g/mol. The summed E-state index contributed by atoms with van der Waals surface area (Å²) < 4.78 is 10.6. The zero-order valence-electron chi connectivity index (χ0n) is 19.2. The first kappa shape index (κ1) is 27.3. The topological polar surface area (TPSA) is 95.4 Å². The fraction of sp³-hybridized carbons (Fsp3) is 0.636. The first-order valence-electron chi connectivity index (χ1n) is 10.6. The van der Waals surface area contributed by atoms with Crippen LogP contribution in [0.3, 0.4) is 0 Å². The van der Waals surface area contributed by atoms with E-state index in [2.05, 4.69) is 15.6 Å². The summed E-state index contributed by atoms with van der Waals surface area (Å²) in [5, 5.41) is 17.1. The number of rotatable bonds is 6. The van der Waals surface area contributed by atoms with Gasteiger partial charge in [-0.05, 0) is 58.2 Å². The number of methoxy groups -OCH3 is 1. The molecular weight excluding hydrogens is 511 g/mol. The number of aliphatic imine (C=N–C) groups is 1. The highest BCUT2D eigenvalue weighted by Crippen LogP contribution is 2.18. The van der Waals surface area contributed by atoms with Gasteiger partial charge in [0.05, 0.1) is 19.8 Å². The van der Waals surface area contributed by atoms with Crippen molar-refractivity contribution in [3.63, 3.8) is 0 Å². The first-order valence-corrected chi connectivity index (χ1v) is 10.6. The molecule has 1 fully saturated rings. The van der Waals surface area contributed by atoms with Crippen molar-refractivity contribution in [2.24, 2.45) is 4.99 Å². The molecule has 3 N–H and O–H groups in total. The monoisotopic (exact) mass is 548 g/mol. The molecule has 0 aliphatic carbocycles. The van der Waals surface area contributed by atoms with E-state index in [1.165, 1.54) is 0 Å². The van der Waals surface area contributed by atoms with Crippen molar-refractivity contribution in [2.75, 3.05) is 33.3 Å². The minimum Gasteiger partial charge on any atom is -0.497 e. The van der Waals surface area contributed by atoms with Crippen molar-refractivity contribution in [1.82, 2.24) is 15.5 Å². The maximum absolute atomic E-state index is 12.4. The number of carbonyl (C=O) groups excluding carboxylic acids is 1. The number of amides is 1. The Morgan fingerprint density at radius 1 is 1.32 bits per heavy atom. The van der Waals surface area contributed by atoms with E-state index in [0.717, 1.165) is 24.2 Å². The van der Waals surface area contributed by atoms with E-state index in [1.54, 1.807) is 12.0 Å². The molecule has 176 valence electrons. The highest BCUT2D eigenvalue weighted by molar-refractivity contribution is 14.0. The number of benzene rings is 1. The fourth-order valence-corrected chi connectivity index (χ4v) is 3.21. The quantitative estimate of drug-likeness (QED) is 0.287. The third-order valence-corrected chi connectivity index (χ3v) is 4.68. The van der Waals surface area contributed by atoms with Crippen LogP contribution in [0.2, 0.25) is 0 Å². The molecule has 1 amide bonds. The summed E-state index contributed by atoms with van der Waals surface area (Å²) in [6, 6.07) is 7.37. The summed E-state index contributed by atoms with van der Waals surface area (Å²) in [5.74, 6) is 1.37. The summed E-state index contributed by atoms with van der Waals surface area (Å²) in [4.78, 5) is 18.6. The molecule has 0 aromatic heterocycles. The SMILES string of the molecule is CCNC(=NCC(O)c1ccc(OC)cc1)NC1CCCN(C(=O)OC(C)(C)C)C1.I. The van der Waals surface area contributed by atoms with Crippen LogP contribution in [0, 0.1) is 0 Å². The second-order valence-electron chi connectivity index (χ2n) is 8.42. The van der Waals surface area contributed by atoms with E-state index < -0.39 is 11.7 Å². The molecule has 0 spiro atoms. The van der Waals surface area contributed by atoms with Gasteiger partial charge >= 0.3 is 6.09 Å². The number of likely N-dealkylation sites (tertiary alicyclic amines) is 1. The number of aliphatic hydroxyl groups is 1. The Hall–Kier alpha value is -1.75. The molecular formula is C22H37IN4O4. The summed E-state index contributed by atoms with van der Waals surface area (Å²) in [6.45, 7) is 9.78. The number of hydrogen-bond acceptors (Lipinski definition) is 5. The van der Waals surface area contributed by atoms with Gasteiger partial charge in [-0.2, -0.15) is 0 Å². The van der Waals surface area contributed by atoms with Gasteiger partial charge in [0.2, 0.25) is 0 Å². The van der Waals surface area contributed by atoms with Crippen LogP contribution in [0.1, 0.15) is 52.2 Å². The lowest BCUT2D eigenvalue weighted by molar-refractivity contribution is 0.0193. The number of hydrogen-bond donors (Lipinski definition) is 3. The largest absolute Gasteiger partial charge is 0.497 e. The number of nitrogens with zero attached hydrogens (tertiary/aromatic N) is 2. The average Bonchev–Trinajstić information content (AvgIpc) is 2.71. The molecule has 0 radical (unpaired) electrons. The Bertz CT molecular complexity index is 706. The predicted octanol–water partition coefficient (Wildman–Crippen LogP) is 3.30. The normalized spacial score (nSPS) is 17.9. The molecule has 2 rings (SSSR count). The van der Waals surface area contributed by atoms with Crippen LogP contribution in [-0.2, 0) is 4.74 Å². The van der Waals surface area contributed by atoms with Crippen LogP contribution in [0.4, 0.5) is 4.79 Å².